The first kappa shape index (κ1) is 17.0. The molecule has 0 aliphatic rings. The minimum atomic E-state index is -0.270. The van der Waals surface area contributed by atoms with Gasteiger partial charge in [0.25, 0.3) is 0 Å². The van der Waals surface area contributed by atoms with Crippen LogP contribution in [0.15, 0.2) is 59.5 Å². The Morgan fingerprint density at radius 3 is 2.67 bits per heavy atom. The summed E-state index contributed by atoms with van der Waals surface area (Å²) in [5.41, 5.74) is 3.52. The highest BCUT2D eigenvalue weighted by Crippen LogP contribution is 2.23. The van der Waals surface area contributed by atoms with E-state index >= 15 is 0 Å². The van der Waals surface area contributed by atoms with Gasteiger partial charge in [0, 0.05) is 35.6 Å². The smallest absolute Gasteiger partial charge is 0.243 e. The predicted molar refractivity (Wildman–Crippen MR) is 96.8 cm³/mol. The van der Waals surface area contributed by atoms with E-state index in [9.17, 15) is 4.39 Å². The highest BCUT2D eigenvalue weighted by atomic mass is 19.1. The van der Waals surface area contributed by atoms with E-state index in [1.54, 1.807) is 30.7 Å². The standard InChI is InChI=1S/C19H17FN6O/c1-12(19-24-18(26-27-19)14-6-8-21-9-7-14)22-10-15-11-23-25-17(15)13-2-4-16(20)5-3-13/h2-9,11-12,22H,10H2,1H3,(H,23,25). The van der Waals surface area contributed by atoms with Crippen LogP contribution in [0, 0.1) is 5.82 Å². The van der Waals surface area contributed by atoms with Crippen molar-refractivity contribution in [2.45, 2.75) is 19.5 Å². The number of nitrogens with zero attached hydrogens (tertiary/aromatic N) is 4. The molecule has 4 aromatic rings. The van der Waals surface area contributed by atoms with E-state index in [1.165, 1.54) is 12.1 Å². The third-order valence-corrected chi connectivity index (χ3v) is 4.20. The third kappa shape index (κ3) is 3.75. The summed E-state index contributed by atoms with van der Waals surface area (Å²) in [5.74, 6) is 0.748. The minimum absolute atomic E-state index is 0.149. The van der Waals surface area contributed by atoms with Gasteiger partial charge >= 0.3 is 0 Å². The number of halogens is 1. The van der Waals surface area contributed by atoms with Crippen molar-refractivity contribution in [1.82, 2.24) is 30.6 Å². The number of benzene rings is 1. The Morgan fingerprint density at radius 1 is 1.11 bits per heavy atom. The average molecular weight is 364 g/mol. The van der Waals surface area contributed by atoms with Crippen LogP contribution < -0.4 is 5.32 Å². The summed E-state index contributed by atoms with van der Waals surface area (Å²) in [4.78, 5) is 8.42. The molecule has 27 heavy (non-hydrogen) atoms. The van der Waals surface area contributed by atoms with Gasteiger partial charge in [0.1, 0.15) is 5.82 Å². The summed E-state index contributed by atoms with van der Waals surface area (Å²) in [6, 6.07) is 9.79. The van der Waals surface area contributed by atoms with E-state index in [4.69, 9.17) is 4.52 Å². The lowest BCUT2D eigenvalue weighted by atomic mass is 10.1. The van der Waals surface area contributed by atoms with Crippen LogP contribution in [0.4, 0.5) is 4.39 Å². The van der Waals surface area contributed by atoms with Crippen LogP contribution in [0.1, 0.15) is 24.4 Å². The molecule has 4 rings (SSSR count). The number of H-pyrrole nitrogens is 1. The normalized spacial score (nSPS) is 12.2. The number of aromatic amines is 1. The molecule has 1 aromatic carbocycles. The minimum Gasteiger partial charge on any atom is -0.337 e. The monoisotopic (exact) mass is 364 g/mol. The maximum Gasteiger partial charge on any atom is 0.243 e. The molecule has 0 saturated heterocycles. The second-order valence-electron chi connectivity index (χ2n) is 6.07. The van der Waals surface area contributed by atoms with Gasteiger partial charge < -0.3 is 9.84 Å². The average Bonchev–Trinajstić information content (AvgIpc) is 3.37. The first-order chi connectivity index (χ1) is 13.2. The van der Waals surface area contributed by atoms with Crippen LogP contribution in [0.2, 0.25) is 0 Å². The molecule has 0 spiro atoms. The fourth-order valence-electron chi connectivity index (χ4n) is 2.69. The molecule has 0 aliphatic carbocycles. The Bertz CT molecular complexity index is 1010. The summed E-state index contributed by atoms with van der Waals surface area (Å²) < 4.78 is 18.5. The Kier molecular flexibility index (Phi) is 4.71. The van der Waals surface area contributed by atoms with E-state index in [-0.39, 0.29) is 11.9 Å². The number of hydrogen-bond acceptors (Lipinski definition) is 6. The van der Waals surface area contributed by atoms with Gasteiger partial charge in [-0.3, -0.25) is 10.1 Å². The topological polar surface area (TPSA) is 92.5 Å². The maximum atomic E-state index is 13.1. The van der Waals surface area contributed by atoms with Gasteiger partial charge in [-0.05, 0) is 43.3 Å². The van der Waals surface area contributed by atoms with Crippen molar-refractivity contribution in [3.05, 3.63) is 72.3 Å². The number of hydrogen-bond donors (Lipinski definition) is 2. The van der Waals surface area contributed by atoms with Crippen molar-refractivity contribution in [3.63, 3.8) is 0 Å². The van der Waals surface area contributed by atoms with Crippen LogP contribution in [-0.2, 0) is 6.54 Å². The second-order valence-corrected chi connectivity index (χ2v) is 6.07. The van der Waals surface area contributed by atoms with Gasteiger partial charge in [0.15, 0.2) is 0 Å². The zero-order chi connectivity index (χ0) is 18.6. The zero-order valence-electron chi connectivity index (χ0n) is 14.6. The first-order valence-corrected chi connectivity index (χ1v) is 8.46. The largest absolute Gasteiger partial charge is 0.337 e. The SMILES string of the molecule is CC(NCc1cn[nH]c1-c1ccc(F)cc1)c1nc(-c2ccncc2)no1. The molecule has 1 atom stereocenters. The number of pyridine rings is 1. The Hall–Kier alpha value is -3.39. The number of aromatic nitrogens is 5. The van der Waals surface area contributed by atoms with E-state index < -0.39 is 0 Å². The molecule has 0 aliphatic heterocycles. The van der Waals surface area contributed by atoms with Gasteiger partial charge in [0.05, 0.1) is 17.9 Å². The predicted octanol–water partition coefficient (Wildman–Crippen LogP) is 3.51. The van der Waals surface area contributed by atoms with Crippen molar-refractivity contribution in [2.24, 2.45) is 0 Å². The van der Waals surface area contributed by atoms with Crippen LogP contribution in [0.25, 0.3) is 22.6 Å². The quantitative estimate of drug-likeness (QED) is 0.544. The highest BCUT2D eigenvalue weighted by molar-refractivity contribution is 5.62. The Morgan fingerprint density at radius 2 is 1.89 bits per heavy atom. The molecular weight excluding hydrogens is 347 g/mol. The number of rotatable bonds is 6. The van der Waals surface area contributed by atoms with Gasteiger partial charge in [-0.2, -0.15) is 10.1 Å². The lowest BCUT2D eigenvalue weighted by Gasteiger charge is -2.09. The lowest BCUT2D eigenvalue weighted by Crippen LogP contribution is -2.18. The van der Waals surface area contributed by atoms with E-state index in [2.05, 4.69) is 30.6 Å². The van der Waals surface area contributed by atoms with E-state index in [0.29, 0.717) is 18.3 Å². The fourth-order valence-corrected chi connectivity index (χ4v) is 2.69. The fraction of sp³-hybridized carbons (Fsp3) is 0.158. The van der Waals surface area contributed by atoms with Crippen molar-refractivity contribution >= 4 is 0 Å². The third-order valence-electron chi connectivity index (χ3n) is 4.20. The van der Waals surface area contributed by atoms with Crippen LogP contribution in [0.3, 0.4) is 0 Å². The van der Waals surface area contributed by atoms with Gasteiger partial charge in [0.2, 0.25) is 11.7 Å². The molecule has 0 radical (unpaired) electrons. The van der Waals surface area contributed by atoms with Crippen LogP contribution >= 0.6 is 0 Å². The first-order valence-electron chi connectivity index (χ1n) is 8.46. The van der Waals surface area contributed by atoms with Crippen molar-refractivity contribution < 1.29 is 8.91 Å². The van der Waals surface area contributed by atoms with Gasteiger partial charge in [-0.1, -0.05) is 5.16 Å². The summed E-state index contributed by atoms with van der Waals surface area (Å²) in [6.45, 7) is 2.48. The summed E-state index contributed by atoms with van der Waals surface area (Å²) in [5, 5.41) is 14.4. The molecule has 0 bridgehead atoms. The molecule has 3 aromatic heterocycles. The second kappa shape index (κ2) is 7.46. The maximum absolute atomic E-state index is 13.1. The summed E-state index contributed by atoms with van der Waals surface area (Å²) in [7, 11) is 0. The molecule has 0 fully saturated rings. The van der Waals surface area contributed by atoms with Crippen LogP contribution in [0.5, 0.6) is 0 Å². The zero-order valence-corrected chi connectivity index (χ0v) is 14.6. The molecule has 3 heterocycles. The van der Waals surface area contributed by atoms with Gasteiger partial charge in [-0.15, -0.1) is 0 Å². The summed E-state index contributed by atoms with van der Waals surface area (Å²) >= 11 is 0. The molecular formula is C19H17FN6O. The molecule has 2 N–H and O–H groups in total. The molecule has 7 nitrogen and oxygen atoms in total. The molecule has 1 unspecified atom stereocenters. The number of nitrogens with one attached hydrogen (secondary N) is 2. The highest BCUT2D eigenvalue weighted by Gasteiger charge is 2.16. The Balaban J connectivity index is 1.45. The van der Waals surface area contributed by atoms with Crippen molar-refractivity contribution in [3.8, 4) is 22.6 Å². The molecule has 136 valence electrons. The molecule has 0 amide bonds. The molecule has 8 heteroatoms. The van der Waals surface area contributed by atoms with Gasteiger partial charge in [-0.25, -0.2) is 4.39 Å². The Labute approximate surface area is 154 Å². The van der Waals surface area contributed by atoms with E-state index in [0.717, 1.165) is 22.4 Å². The van der Waals surface area contributed by atoms with Crippen molar-refractivity contribution in [2.75, 3.05) is 0 Å². The van der Waals surface area contributed by atoms with Crippen LogP contribution in [-0.4, -0.2) is 25.3 Å². The lowest BCUT2D eigenvalue weighted by molar-refractivity contribution is 0.339. The summed E-state index contributed by atoms with van der Waals surface area (Å²) in [6.07, 6.45) is 5.11. The van der Waals surface area contributed by atoms with Crippen molar-refractivity contribution in [1.29, 1.82) is 0 Å². The van der Waals surface area contributed by atoms with E-state index in [1.807, 2.05) is 19.1 Å². The molecule has 0 saturated carbocycles.